The summed E-state index contributed by atoms with van der Waals surface area (Å²) in [6, 6.07) is 3.16. The van der Waals surface area contributed by atoms with E-state index in [0.29, 0.717) is 56.4 Å². The molecule has 1 saturated heterocycles. The molecule has 1 unspecified atom stereocenters. The Morgan fingerprint density at radius 3 is 2.45 bits per heavy atom. The predicted octanol–water partition coefficient (Wildman–Crippen LogP) is 4.74. The molecule has 3 aliphatic heterocycles. The molecule has 3 aliphatic rings. The summed E-state index contributed by atoms with van der Waals surface area (Å²) < 4.78 is 48.6. The van der Waals surface area contributed by atoms with Crippen molar-refractivity contribution in [3.8, 4) is 0 Å². The number of dihydropyridines is 1. The van der Waals surface area contributed by atoms with Gasteiger partial charge in [-0.1, -0.05) is 6.08 Å². The maximum atomic E-state index is 15.8. The third-order valence-corrected chi connectivity index (χ3v) is 7.96. The summed E-state index contributed by atoms with van der Waals surface area (Å²) in [4.78, 5) is 46.7. The van der Waals surface area contributed by atoms with Crippen molar-refractivity contribution >= 4 is 41.1 Å². The summed E-state index contributed by atoms with van der Waals surface area (Å²) in [7, 11) is 2.01. The maximum Gasteiger partial charge on any atom is 0.410 e. The Hall–Kier alpha value is -3.67. The van der Waals surface area contributed by atoms with E-state index < -0.39 is 41.6 Å². The molecule has 1 N–H and O–H groups in total. The number of likely N-dealkylation sites (N-methyl/N-ethyl adjacent to an activating group) is 1. The smallest absolute Gasteiger partial charge is 0.410 e. The van der Waals surface area contributed by atoms with Crippen molar-refractivity contribution < 1.29 is 32.3 Å². The van der Waals surface area contributed by atoms with Crippen molar-refractivity contribution in [2.24, 2.45) is 10.9 Å². The van der Waals surface area contributed by atoms with Crippen molar-refractivity contribution in [3.63, 3.8) is 0 Å². The summed E-state index contributed by atoms with van der Waals surface area (Å²) in [5, 5.41) is 2.74. The van der Waals surface area contributed by atoms with Crippen LogP contribution in [-0.4, -0.2) is 91.8 Å². The molecular formula is C30H38F3N5O4. The fraction of sp³-hybridized carbons (Fsp3) is 0.533. The highest BCUT2D eigenvalue weighted by atomic mass is 19.3. The van der Waals surface area contributed by atoms with Crippen LogP contribution < -0.4 is 10.2 Å². The molecular weight excluding hydrogens is 551 g/mol. The van der Waals surface area contributed by atoms with Crippen LogP contribution in [0.2, 0.25) is 0 Å². The Bertz CT molecular complexity index is 1300. The Labute approximate surface area is 244 Å². The molecule has 228 valence electrons. The maximum absolute atomic E-state index is 15.8. The van der Waals surface area contributed by atoms with Gasteiger partial charge in [-0.25, -0.2) is 23.0 Å². The fourth-order valence-electron chi connectivity index (χ4n) is 5.47. The van der Waals surface area contributed by atoms with Crippen LogP contribution in [0.4, 0.5) is 29.3 Å². The summed E-state index contributed by atoms with van der Waals surface area (Å²) in [6.45, 7) is 9.48. The first-order valence-electron chi connectivity index (χ1n) is 14.2. The molecule has 12 heteroatoms. The number of carbonyl (C=O) groups excluding carboxylic acids is 3. The third kappa shape index (κ3) is 7.03. The van der Waals surface area contributed by atoms with E-state index in [1.54, 1.807) is 18.7 Å². The van der Waals surface area contributed by atoms with E-state index in [1.165, 1.54) is 12.1 Å². The second-order valence-electron chi connectivity index (χ2n) is 11.3. The number of hydrogen-bond acceptors (Lipinski definition) is 6. The number of nitrogens with one attached hydrogen (secondary N) is 1. The Morgan fingerprint density at radius 1 is 1.12 bits per heavy atom. The minimum atomic E-state index is -3.03. The molecule has 1 aromatic rings. The summed E-state index contributed by atoms with van der Waals surface area (Å²) >= 11 is 0. The largest absolute Gasteiger partial charge is 0.447 e. The highest BCUT2D eigenvalue weighted by Gasteiger charge is 2.33. The molecule has 1 aromatic carbocycles. The first-order valence-corrected chi connectivity index (χ1v) is 14.2. The van der Waals surface area contributed by atoms with Crippen molar-refractivity contribution in [1.29, 1.82) is 0 Å². The average Bonchev–Trinajstić information content (AvgIpc) is 3.18. The van der Waals surface area contributed by atoms with Gasteiger partial charge < -0.3 is 19.9 Å². The zero-order chi connectivity index (χ0) is 30.7. The van der Waals surface area contributed by atoms with E-state index >= 15 is 4.39 Å². The standard InChI is InChI=1S/C30H38F3N5O4/c1-17(2)42-30(41)37-9-6-7-20(8-10-37)21-11-25(35-29(40)23-14-34-27(39)12-22(23)28(32)33)26(13-24(21)31)38-15-18(3)36(5)19(4)16-38/h7,11-14,17-19,23,28H,6,8-10,15-16H2,1-5H3,(H,35,40)/t18-,19+,23?. The number of hydrogen-bond donors (Lipinski definition) is 1. The molecule has 3 amide bonds. The lowest BCUT2D eigenvalue weighted by molar-refractivity contribution is -0.117. The lowest BCUT2D eigenvalue weighted by atomic mass is 9.96. The number of ether oxygens (including phenoxy) is 1. The number of carbonyl (C=O) groups is 3. The van der Waals surface area contributed by atoms with Gasteiger partial charge in [-0.3, -0.25) is 14.5 Å². The van der Waals surface area contributed by atoms with Crippen LogP contribution in [0, 0.1) is 11.7 Å². The van der Waals surface area contributed by atoms with Gasteiger partial charge in [-0.2, -0.15) is 0 Å². The first-order chi connectivity index (χ1) is 19.8. The Morgan fingerprint density at radius 2 is 1.81 bits per heavy atom. The number of nitrogens with zero attached hydrogens (tertiary/aromatic N) is 4. The topological polar surface area (TPSA) is 94.5 Å². The van der Waals surface area contributed by atoms with E-state index in [4.69, 9.17) is 4.74 Å². The van der Waals surface area contributed by atoms with E-state index in [1.807, 2.05) is 31.9 Å². The third-order valence-electron chi connectivity index (χ3n) is 7.96. The van der Waals surface area contributed by atoms with Crippen LogP contribution in [0.25, 0.3) is 5.57 Å². The summed E-state index contributed by atoms with van der Waals surface area (Å²) in [5.74, 6) is -3.60. The van der Waals surface area contributed by atoms with Gasteiger partial charge in [-0.05, 0) is 65.3 Å². The molecule has 0 aliphatic carbocycles. The second kappa shape index (κ2) is 13.1. The van der Waals surface area contributed by atoms with E-state index in [-0.39, 0.29) is 29.4 Å². The number of halogens is 3. The molecule has 0 radical (unpaired) electrons. The van der Waals surface area contributed by atoms with Crippen molar-refractivity contribution in [2.75, 3.05) is 43.4 Å². The zero-order valence-electron chi connectivity index (χ0n) is 24.6. The van der Waals surface area contributed by atoms with Crippen LogP contribution in [0.5, 0.6) is 0 Å². The highest BCUT2D eigenvalue weighted by Crippen LogP contribution is 2.36. The van der Waals surface area contributed by atoms with Gasteiger partial charge in [0, 0.05) is 61.7 Å². The van der Waals surface area contributed by atoms with Gasteiger partial charge in [0.25, 0.3) is 12.3 Å². The number of benzene rings is 1. The van der Waals surface area contributed by atoms with Crippen molar-refractivity contribution in [3.05, 3.63) is 41.2 Å². The van der Waals surface area contributed by atoms with Crippen LogP contribution >= 0.6 is 0 Å². The molecule has 3 heterocycles. The van der Waals surface area contributed by atoms with E-state index in [0.717, 1.165) is 6.21 Å². The van der Waals surface area contributed by atoms with Crippen LogP contribution in [0.1, 0.15) is 46.1 Å². The van der Waals surface area contributed by atoms with Gasteiger partial charge in [0.1, 0.15) is 11.7 Å². The number of aliphatic imine (C=N–C) groups is 1. The molecule has 0 saturated carbocycles. The quantitative estimate of drug-likeness (QED) is 0.516. The van der Waals surface area contributed by atoms with Gasteiger partial charge in [0.05, 0.1) is 17.5 Å². The minimum absolute atomic E-state index is 0.131. The number of alkyl halides is 2. The van der Waals surface area contributed by atoms with E-state index in [9.17, 15) is 23.2 Å². The van der Waals surface area contributed by atoms with Crippen LogP contribution in [0.15, 0.2) is 34.9 Å². The van der Waals surface area contributed by atoms with Gasteiger partial charge in [-0.15, -0.1) is 0 Å². The molecule has 4 rings (SSSR count). The number of amides is 3. The molecule has 0 bridgehead atoms. The number of rotatable bonds is 6. The second-order valence-corrected chi connectivity index (χ2v) is 11.3. The van der Waals surface area contributed by atoms with Crippen LogP contribution in [0.3, 0.4) is 0 Å². The lowest BCUT2D eigenvalue weighted by Gasteiger charge is -2.44. The molecule has 0 aromatic heterocycles. The summed E-state index contributed by atoms with van der Waals surface area (Å²) in [6.07, 6.45) is 0.575. The first kappa shape index (κ1) is 31.3. The normalized spacial score (nSPS) is 23.6. The molecule has 3 atom stereocenters. The molecule has 1 fully saturated rings. The van der Waals surface area contributed by atoms with Gasteiger partial charge >= 0.3 is 6.09 Å². The molecule has 42 heavy (non-hydrogen) atoms. The monoisotopic (exact) mass is 589 g/mol. The zero-order valence-corrected chi connectivity index (χ0v) is 24.6. The van der Waals surface area contributed by atoms with Crippen molar-refractivity contribution in [2.45, 2.75) is 65.1 Å². The molecule has 9 nitrogen and oxygen atoms in total. The minimum Gasteiger partial charge on any atom is -0.447 e. The average molecular weight is 590 g/mol. The Balaban J connectivity index is 1.68. The predicted molar refractivity (Wildman–Crippen MR) is 155 cm³/mol. The number of piperazine rings is 1. The van der Waals surface area contributed by atoms with E-state index in [2.05, 4.69) is 15.2 Å². The fourth-order valence-corrected chi connectivity index (χ4v) is 5.47. The van der Waals surface area contributed by atoms with Gasteiger partial charge in [0.15, 0.2) is 0 Å². The number of anilines is 2. The molecule has 0 spiro atoms. The van der Waals surface area contributed by atoms with Crippen LogP contribution in [-0.2, 0) is 14.3 Å². The SMILES string of the molecule is CC(C)OC(=O)N1CCC=C(c2cc(NC(=O)C3C=NC(=O)C=C3C(F)F)c(N3C[C@@H](C)N(C)[C@@H](C)C3)cc2F)CC1. The Kier molecular flexibility index (Phi) is 9.75. The highest BCUT2D eigenvalue weighted by molar-refractivity contribution is 6.11. The van der Waals surface area contributed by atoms with Gasteiger partial charge in [0.2, 0.25) is 5.91 Å². The summed E-state index contributed by atoms with van der Waals surface area (Å²) in [5.41, 5.74) is 0.964. The lowest BCUT2D eigenvalue weighted by Crippen LogP contribution is -2.55. The van der Waals surface area contributed by atoms with Crippen molar-refractivity contribution in [1.82, 2.24) is 9.80 Å².